The third kappa shape index (κ3) is 4.51. The molecule has 2 amide bonds. The van der Waals surface area contributed by atoms with Gasteiger partial charge in [0.05, 0.1) is 23.7 Å². The number of nitrogens with zero attached hydrogens (tertiary/aromatic N) is 3. The van der Waals surface area contributed by atoms with Crippen LogP contribution >= 0.6 is 23.2 Å². The zero-order chi connectivity index (χ0) is 22.3. The Morgan fingerprint density at radius 3 is 2.13 bits per heavy atom. The van der Waals surface area contributed by atoms with Crippen LogP contribution < -0.4 is 9.80 Å². The number of anilines is 2. The van der Waals surface area contributed by atoms with Crippen LogP contribution in [0.15, 0.2) is 42.5 Å². The Hall–Kier alpha value is -2.29. The number of carbonyl (C=O) groups is 2. The molecule has 2 fully saturated rings. The molecule has 2 aromatic carbocycles. The van der Waals surface area contributed by atoms with Gasteiger partial charge in [-0.25, -0.2) is 4.90 Å². The van der Waals surface area contributed by atoms with Crippen molar-refractivity contribution in [3.05, 3.63) is 58.1 Å². The number of piperazine rings is 1. The second-order valence-corrected chi connectivity index (χ2v) is 8.36. The van der Waals surface area contributed by atoms with E-state index in [2.05, 4.69) is 0 Å². The molecule has 10 heteroatoms. The lowest BCUT2D eigenvalue weighted by Crippen LogP contribution is -2.52. The van der Waals surface area contributed by atoms with Crippen molar-refractivity contribution in [2.24, 2.45) is 0 Å². The number of rotatable bonds is 3. The van der Waals surface area contributed by atoms with Crippen LogP contribution in [0, 0.1) is 0 Å². The van der Waals surface area contributed by atoms with Gasteiger partial charge >= 0.3 is 6.18 Å². The predicted octanol–water partition coefficient (Wildman–Crippen LogP) is 4.47. The van der Waals surface area contributed by atoms with E-state index in [4.69, 9.17) is 23.2 Å². The maximum absolute atomic E-state index is 13.0. The normalized spacial score (nSPS) is 20.6. The molecule has 0 unspecified atom stereocenters. The van der Waals surface area contributed by atoms with Gasteiger partial charge in [-0.05, 0) is 36.4 Å². The molecule has 0 bridgehead atoms. The summed E-state index contributed by atoms with van der Waals surface area (Å²) in [5.74, 6) is -0.690. The van der Waals surface area contributed by atoms with Crippen LogP contribution in [-0.2, 0) is 15.8 Å². The molecule has 0 N–H and O–H groups in total. The summed E-state index contributed by atoms with van der Waals surface area (Å²) in [7, 11) is 0. The maximum atomic E-state index is 13.0. The lowest BCUT2D eigenvalue weighted by Gasteiger charge is -2.38. The summed E-state index contributed by atoms with van der Waals surface area (Å²) in [5.41, 5.74) is 0.121. The lowest BCUT2D eigenvalue weighted by molar-refractivity contribution is -0.137. The molecule has 0 aliphatic carbocycles. The van der Waals surface area contributed by atoms with Gasteiger partial charge in [0.25, 0.3) is 5.91 Å². The SMILES string of the molecule is O=C1C[C@H](N2CCN(c3cccc(C(F)(F)F)c3)CC2)C(=O)N1c1cc(Cl)cc(Cl)c1. The third-order valence-corrected chi connectivity index (χ3v) is 5.96. The molecule has 0 radical (unpaired) electrons. The highest BCUT2D eigenvalue weighted by Crippen LogP contribution is 2.33. The van der Waals surface area contributed by atoms with E-state index in [0.717, 1.165) is 17.0 Å². The van der Waals surface area contributed by atoms with Crippen LogP contribution in [-0.4, -0.2) is 48.9 Å². The first kappa shape index (κ1) is 21.9. The number of amides is 2. The van der Waals surface area contributed by atoms with E-state index in [9.17, 15) is 22.8 Å². The van der Waals surface area contributed by atoms with Crippen molar-refractivity contribution >= 4 is 46.4 Å². The van der Waals surface area contributed by atoms with E-state index >= 15 is 0 Å². The second-order valence-electron chi connectivity index (χ2n) is 7.49. The topological polar surface area (TPSA) is 43.9 Å². The number of alkyl halides is 3. The molecular weight excluding hydrogens is 454 g/mol. The Bertz CT molecular complexity index is 1000. The minimum atomic E-state index is -4.40. The Balaban J connectivity index is 1.45. The largest absolute Gasteiger partial charge is 0.416 e. The Morgan fingerprint density at radius 2 is 1.52 bits per heavy atom. The fourth-order valence-corrected chi connectivity index (χ4v) is 4.53. The first-order valence-electron chi connectivity index (χ1n) is 9.62. The average molecular weight is 472 g/mol. The van der Waals surface area contributed by atoms with Gasteiger partial charge in [0.2, 0.25) is 5.91 Å². The number of halogens is 5. The van der Waals surface area contributed by atoms with Crippen molar-refractivity contribution in [1.29, 1.82) is 0 Å². The summed E-state index contributed by atoms with van der Waals surface area (Å²) in [6.45, 7) is 1.79. The molecule has 2 aromatic rings. The van der Waals surface area contributed by atoms with Crippen LogP contribution in [0.4, 0.5) is 24.5 Å². The summed E-state index contributed by atoms with van der Waals surface area (Å²) in [6.07, 6.45) is -4.37. The molecule has 2 saturated heterocycles. The van der Waals surface area contributed by atoms with Gasteiger partial charge in [0.1, 0.15) is 0 Å². The van der Waals surface area contributed by atoms with Gasteiger partial charge in [-0.15, -0.1) is 0 Å². The zero-order valence-corrected chi connectivity index (χ0v) is 17.7. The molecule has 2 aliphatic heterocycles. The fraction of sp³-hybridized carbons (Fsp3) is 0.333. The van der Waals surface area contributed by atoms with Gasteiger partial charge < -0.3 is 4.90 Å². The van der Waals surface area contributed by atoms with Gasteiger partial charge in [0.15, 0.2) is 0 Å². The Labute approximate surface area is 186 Å². The van der Waals surface area contributed by atoms with Gasteiger partial charge in [0, 0.05) is 41.9 Å². The van der Waals surface area contributed by atoms with Crippen molar-refractivity contribution < 1.29 is 22.8 Å². The highest BCUT2D eigenvalue weighted by molar-refractivity contribution is 6.35. The third-order valence-electron chi connectivity index (χ3n) is 5.52. The second kappa shape index (κ2) is 8.33. The summed E-state index contributed by atoms with van der Waals surface area (Å²) in [4.78, 5) is 30.4. The van der Waals surface area contributed by atoms with Crippen LogP contribution in [0.5, 0.6) is 0 Å². The van der Waals surface area contributed by atoms with Crippen LogP contribution in [0.25, 0.3) is 0 Å². The quantitative estimate of drug-likeness (QED) is 0.619. The lowest BCUT2D eigenvalue weighted by atomic mass is 10.1. The highest BCUT2D eigenvalue weighted by Gasteiger charge is 2.43. The number of carbonyl (C=O) groups excluding carboxylic acids is 2. The molecule has 164 valence electrons. The molecule has 5 nitrogen and oxygen atoms in total. The van der Waals surface area contributed by atoms with Gasteiger partial charge in [-0.3, -0.25) is 14.5 Å². The monoisotopic (exact) mass is 471 g/mol. The smallest absolute Gasteiger partial charge is 0.369 e. The van der Waals surface area contributed by atoms with E-state index in [-0.39, 0.29) is 18.2 Å². The Morgan fingerprint density at radius 1 is 0.871 bits per heavy atom. The molecular formula is C21H18Cl2F3N3O2. The fourth-order valence-electron chi connectivity index (χ4n) is 4.01. The molecule has 4 rings (SSSR count). The van der Waals surface area contributed by atoms with Crippen LogP contribution in [0.2, 0.25) is 10.0 Å². The first-order chi connectivity index (χ1) is 14.6. The summed E-state index contributed by atoms with van der Waals surface area (Å²) in [5, 5.41) is 0.641. The summed E-state index contributed by atoms with van der Waals surface area (Å²) in [6, 6.07) is 9.12. The summed E-state index contributed by atoms with van der Waals surface area (Å²) >= 11 is 12.0. The molecule has 2 heterocycles. The van der Waals surface area contributed by atoms with Crippen LogP contribution in [0.3, 0.4) is 0 Å². The molecule has 31 heavy (non-hydrogen) atoms. The van der Waals surface area contributed by atoms with Crippen LogP contribution in [0.1, 0.15) is 12.0 Å². The van der Waals surface area contributed by atoms with E-state index in [1.165, 1.54) is 24.3 Å². The molecule has 0 spiro atoms. The standard InChI is InChI=1S/C21H18Cl2F3N3O2/c22-14-9-15(23)11-17(10-14)29-19(30)12-18(20(29)31)28-6-4-27(5-7-28)16-3-1-2-13(8-16)21(24,25)26/h1-3,8-11,18H,4-7,12H2/t18-/m0/s1. The molecule has 1 atom stereocenters. The molecule has 0 saturated carbocycles. The zero-order valence-electron chi connectivity index (χ0n) is 16.2. The molecule has 0 aromatic heterocycles. The number of benzene rings is 2. The minimum Gasteiger partial charge on any atom is -0.369 e. The van der Waals surface area contributed by atoms with E-state index < -0.39 is 17.8 Å². The van der Waals surface area contributed by atoms with Gasteiger partial charge in [-0.2, -0.15) is 13.2 Å². The Kier molecular flexibility index (Phi) is 5.89. The predicted molar refractivity (Wildman–Crippen MR) is 113 cm³/mol. The number of hydrogen-bond donors (Lipinski definition) is 0. The number of imide groups is 1. The van der Waals surface area contributed by atoms with E-state index in [1.807, 2.05) is 9.80 Å². The van der Waals surface area contributed by atoms with E-state index in [0.29, 0.717) is 47.6 Å². The first-order valence-corrected chi connectivity index (χ1v) is 10.4. The maximum Gasteiger partial charge on any atom is 0.416 e. The average Bonchev–Trinajstić information content (AvgIpc) is 3.01. The van der Waals surface area contributed by atoms with Crippen molar-refractivity contribution in [3.8, 4) is 0 Å². The summed E-state index contributed by atoms with van der Waals surface area (Å²) < 4.78 is 39.0. The van der Waals surface area contributed by atoms with Crippen molar-refractivity contribution in [2.45, 2.75) is 18.6 Å². The van der Waals surface area contributed by atoms with E-state index in [1.54, 1.807) is 6.07 Å². The van der Waals surface area contributed by atoms with Crippen molar-refractivity contribution in [1.82, 2.24) is 4.90 Å². The van der Waals surface area contributed by atoms with Crippen molar-refractivity contribution in [3.63, 3.8) is 0 Å². The van der Waals surface area contributed by atoms with Crippen molar-refractivity contribution in [2.75, 3.05) is 36.0 Å². The van der Waals surface area contributed by atoms with Gasteiger partial charge in [-0.1, -0.05) is 29.3 Å². The molecule has 2 aliphatic rings. The number of hydrogen-bond acceptors (Lipinski definition) is 4. The highest BCUT2D eigenvalue weighted by atomic mass is 35.5. The minimum absolute atomic E-state index is 0.0343.